The third-order valence-electron chi connectivity index (χ3n) is 2.49. The van der Waals surface area contributed by atoms with Gasteiger partial charge in [-0.15, -0.1) is 0 Å². The number of rotatable bonds is 1. The van der Waals surface area contributed by atoms with Gasteiger partial charge in [-0.25, -0.2) is 9.97 Å². The van der Waals surface area contributed by atoms with E-state index in [1.807, 2.05) is 13.1 Å². The molecule has 1 aliphatic carbocycles. The van der Waals surface area contributed by atoms with E-state index in [0.29, 0.717) is 0 Å². The van der Waals surface area contributed by atoms with Gasteiger partial charge in [0.1, 0.15) is 5.82 Å². The minimum Gasteiger partial charge on any atom is -0.322 e. The van der Waals surface area contributed by atoms with Crippen LogP contribution in [0.1, 0.15) is 42.9 Å². The van der Waals surface area contributed by atoms with Gasteiger partial charge in [0.15, 0.2) is 0 Å². The van der Waals surface area contributed by atoms with E-state index in [0.717, 1.165) is 18.7 Å². The summed E-state index contributed by atoms with van der Waals surface area (Å²) in [5.74, 6) is 0.778. The van der Waals surface area contributed by atoms with Crippen molar-refractivity contribution in [3.63, 3.8) is 0 Å². The summed E-state index contributed by atoms with van der Waals surface area (Å²) in [5, 5.41) is 0. The molecule has 3 nitrogen and oxygen atoms in total. The summed E-state index contributed by atoms with van der Waals surface area (Å²) in [6.07, 6.45) is 6.70. The molecule has 0 bridgehead atoms. The van der Waals surface area contributed by atoms with Crippen LogP contribution in [0.4, 0.5) is 0 Å². The maximum Gasteiger partial charge on any atom is 0.144 e. The first-order chi connectivity index (χ1) is 6.27. The first-order valence-electron chi connectivity index (χ1n) is 4.87. The van der Waals surface area contributed by atoms with Crippen LogP contribution in [-0.2, 0) is 12.8 Å². The second kappa shape index (κ2) is 3.42. The van der Waals surface area contributed by atoms with Crippen LogP contribution in [0.25, 0.3) is 0 Å². The van der Waals surface area contributed by atoms with Gasteiger partial charge in [0, 0.05) is 11.9 Å². The van der Waals surface area contributed by atoms with E-state index in [1.54, 1.807) is 0 Å². The molecular formula is C10H15N3. The Morgan fingerprint density at radius 1 is 1.38 bits per heavy atom. The topological polar surface area (TPSA) is 51.8 Å². The van der Waals surface area contributed by atoms with Crippen molar-refractivity contribution in [2.75, 3.05) is 0 Å². The lowest BCUT2D eigenvalue weighted by Gasteiger charge is -2.15. The Kier molecular flexibility index (Phi) is 2.27. The molecule has 1 atom stereocenters. The Bertz CT molecular complexity index is 307. The fourth-order valence-corrected chi connectivity index (χ4v) is 1.71. The average Bonchev–Trinajstić information content (AvgIpc) is 2.17. The van der Waals surface area contributed by atoms with Gasteiger partial charge in [-0.2, -0.15) is 0 Å². The third-order valence-corrected chi connectivity index (χ3v) is 2.49. The molecule has 0 aromatic carbocycles. The summed E-state index contributed by atoms with van der Waals surface area (Å²) >= 11 is 0. The van der Waals surface area contributed by atoms with Crippen molar-refractivity contribution >= 4 is 0 Å². The van der Waals surface area contributed by atoms with E-state index in [4.69, 9.17) is 5.73 Å². The number of hydrogen-bond acceptors (Lipinski definition) is 3. The zero-order chi connectivity index (χ0) is 9.26. The van der Waals surface area contributed by atoms with Gasteiger partial charge < -0.3 is 5.73 Å². The maximum atomic E-state index is 5.72. The van der Waals surface area contributed by atoms with Crippen molar-refractivity contribution in [1.29, 1.82) is 0 Å². The van der Waals surface area contributed by atoms with E-state index < -0.39 is 0 Å². The van der Waals surface area contributed by atoms with Crippen molar-refractivity contribution in [3.05, 3.63) is 23.3 Å². The van der Waals surface area contributed by atoms with E-state index in [-0.39, 0.29) is 6.04 Å². The molecule has 0 fully saturated rings. The molecule has 1 aromatic rings. The van der Waals surface area contributed by atoms with Crippen LogP contribution in [0.3, 0.4) is 0 Å². The van der Waals surface area contributed by atoms with Gasteiger partial charge in [-0.3, -0.25) is 0 Å². The van der Waals surface area contributed by atoms with Crippen molar-refractivity contribution in [1.82, 2.24) is 9.97 Å². The zero-order valence-corrected chi connectivity index (χ0v) is 7.95. The fourth-order valence-electron chi connectivity index (χ4n) is 1.71. The molecule has 0 aliphatic heterocycles. The molecule has 13 heavy (non-hydrogen) atoms. The van der Waals surface area contributed by atoms with Crippen LogP contribution in [0, 0.1) is 0 Å². The molecule has 1 heterocycles. The highest BCUT2D eigenvalue weighted by molar-refractivity contribution is 5.20. The molecule has 0 saturated carbocycles. The van der Waals surface area contributed by atoms with Gasteiger partial charge in [0.25, 0.3) is 0 Å². The largest absolute Gasteiger partial charge is 0.322 e. The normalized spacial score (nSPS) is 18.0. The van der Waals surface area contributed by atoms with Gasteiger partial charge in [-0.1, -0.05) is 0 Å². The van der Waals surface area contributed by atoms with Gasteiger partial charge >= 0.3 is 0 Å². The monoisotopic (exact) mass is 177 g/mol. The fraction of sp³-hybridized carbons (Fsp3) is 0.600. The van der Waals surface area contributed by atoms with Crippen LogP contribution < -0.4 is 5.73 Å². The standard InChI is InChI=1S/C10H15N3/c1-7(11)10-12-6-8-4-2-3-5-9(8)13-10/h6-7H,2-5,11H2,1H3. The number of nitrogens with two attached hydrogens (primary N) is 1. The molecular weight excluding hydrogens is 162 g/mol. The molecule has 1 aliphatic rings. The highest BCUT2D eigenvalue weighted by Gasteiger charge is 2.12. The Balaban J connectivity index is 2.35. The van der Waals surface area contributed by atoms with Crippen LogP contribution in [0.2, 0.25) is 0 Å². The summed E-state index contributed by atoms with van der Waals surface area (Å²) in [6.45, 7) is 1.92. The van der Waals surface area contributed by atoms with Gasteiger partial charge in [-0.05, 0) is 38.2 Å². The molecule has 0 amide bonds. The molecule has 0 saturated heterocycles. The Hall–Kier alpha value is -0.960. The quantitative estimate of drug-likeness (QED) is 0.705. The van der Waals surface area contributed by atoms with E-state index in [2.05, 4.69) is 9.97 Å². The zero-order valence-electron chi connectivity index (χ0n) is 7.95. The van der Waals surface area contributed by atoms with Crippen LogP contribution in [-0.4, -0.2) is 9.97 Å². The second-order valence-electron chi connectivity index (χ2n) is 3.70. The van der Waals surface area contributed by atoms with Gasteiger partial charge in [0.2, 0.25) is 0 Å². The van der Waals surface area contributed by atoms with Crippen molar-refractivity contribution in [3.8, 4) is 0 Å². The number of fused-ring (bicyclic) bond motifs is 1. The van der Waals surface area contributed by atoms with Crippen LogP contribution in [0.5, 0.6) is 0 Å². The molecule has 3 heteroatoms. The van der Waals surface area contributed by atoms with Crippen LogP contribution >= 0.6 is 0 Å². The lowest BCUT2D eigenvalue weighted by molar-refractivity contribution is 0.638. The molecule has 1 unspecified atom stereocenters. The first kappa shape index (κ1) is 8.63. The minimum absolute atomic E-state index is 0.0489. The number of hydrogen-bond donors (Lipinski definition) is 1. The predicted octanol–water partition coefficient (Wildman–Crippen LogP) is 1.38. The molecule has 2 N–H and O–H groups in total. The highest BCUT2D eigenvalue weighted by Crippen LogP contribution is 2.19. The summed E-state index contributed by atoms with van der Waals surface area (Å²) in [6, 6.07) is -0.0489. The van der Waals surface area contributed by atoms with E-state index >= 15 is 0 Å². The Labute approximate surface area is 78.4 Å². The van der Waals surface area contributed by atoms with Crippen LogP contribution in [0.15, 0.2) is 6.20 Å². The smallest absolute Gasteiger partial charge is 0.144 e. The SMILES string of the molecule is CC(N)c1ncc2c(n1)CCCC2. The molecule has 70 valence electrons. The molecule has 1 aromatic heterocycles. The number of aromatic nitrogens is 2. The van der Waals surface area contributed by atoms with E-state index in [1.165, 1.54) is 24.1 Å². The summed E-state index contributed by atoms with van der Waals surface area (Å²) < 4.78 is 0. The molecule has 0 radical (unpaired) electrons. The predicted molar refractivity (Wildman–Crippen MR) is 51.3 cm³/mol. The van der Waals surface area contributed by atoms with E-state index in [9.17, 15) is 0 Å². The lowest BCUT2D eigenvalue weighted by Crippen LogP contribution is -2.14. The van der Waals surface area contributed by atoms with Crippen molar-refractivity contribution < 1.29 is 0 Å². The maximum absolute atomic E-state index is 5.72. The first-order valence-corrected chi connectivity index (χ1v) is 4.87. The highest BCUT2D eigenvalue weighted by atomic mass is 14.9. The van der Waals surface area contributed by atoms with Crippen molar-refractivity contribution in [2.24, 2.45) is 5.73 Å². The Morgan fingerprint density at radius 2 is 2.15 bits per heavy atom. The van der Waals surface area contributed by atoms with Crippen molar-refractivity contribution in [2.45, 2.75) is 38.6 Å². The second-order valence-corrected chi connectivity index (χ2v) is 3.70. The third kappa shape index (κ3) is 1.70. The minimum atomic E-state index is -0.0489. The molecule has 0 spiro atoms. The average molecular weight is 177 g/mol. The Morgan fingerprint density at radius 3 is 2.92 bits per heavy atom. The molecule has 2 rings (SSSR count). The van der Waals surface area contributed by atoms with Gasteiger partial charge in [0.05, 0.1) is 6.04 Å². The summed E-state index contributed by atoms with van der Waals surface area (Å²) in [5.41, 5.74) is 8.25. The lowest BCUT2D eigenvalue weighted by atomic mass is 9.97. The number of aryl methyl sites for hydroxylation is 2. The number of nitrogens with zero attached hydrogens (tertiary/aromatic N) is 2. The summed E-state index contributed by atoms with van der Waals surface area (Å²) in [7, 11) is 0. The summed E-state index contributed by atoms with van der Waals surface area (Å²) in [4.78, 5) is 8.73.